The van der Waals surface area contributed by atoms with Gasteiger partial charge < -0.3 is 18.9 Å². The van der Waals surface area contributed by atoms with Crippen LogP contribution < -0.4 is 0 Å². The maximum Gasteiger partial charge on any atom is 0.347 e. The lowest BCUT2D eigenvalue weighted by atomic mass is 10.3. The Labute approximate surface area is 132 Å². The number of ether oxygens (including phenoxy) is 4. The summed E-state index contributed by atoms with van der Waals surface area (Å²) in [6.45, 7) is 11.8. The summed E-state index contributed by atoms with van der Waals surface area (Å²) in [5, 5.41) is 0. The largest absolute Gasteiger partial charge is 0.432 e. The Bertz CT molecular complexity index is 309. The van der Waals surface area contributed by atoms with Crippen LogP contribution in [-0.4, -0.2) is 37.7 Å². The van der Waals surface area contributed by atoms with E-state index in [0.717, 1.165) is 12.8 Å². The summed E-state index contributed by atoms with van der Waals surface area (Å²) in [4.78, 5) is 23.8. The van der Waals surface area contributed by atoms with E-state index in [-0.39, 0.29) is 5.57 Å². The normalized spacial score (nSPS) is 13.3. The second kappa shape index (κ2) is 12.2. The Balaban J connectivity index is 4.51. The highest BCUT2D eigenvalue weighted by atomic mass is 16.7. The fourth-order valence-corrected chi connectivity index (χ4v) is 1.66. The molecule has 0 radical (unpaired) electrons. The van der Waals surface area contributed by atoms with E-state index in [0.29, 0.717) is 26.1 Å². The van der Waals surface area contributed by atoms with Gasteiger partial charge in [0.25, 0.3) is 0 Å². The highest BCUT2D eigenvalue weighted by Gasteiger charge is 2.25. The quantitative estimate of drug-likeness (QED) is 0.181. The lowest BCUT2D eigenvalue weighted by Gasteiger charge is -2.19. The second-order valence-electron chi connectivity index (χ2n) is 4.64. The molecular formula is C16H28O6. The van der Waals surface area contributed by atoms with E-state index in [9.17, 15) is 9.59 Å². The second-order valence-corrected chi connectivity index (χ2v) is 4.64. The average Bonchev–Trinajstić information content (AvgIpc) is 2.47. The van der Waals surface area contributed by atoms with Gasteiger partial charge in [0.05, 0.1) is 0 Å². The van der Waals surface area contributed by atoms with Crippen LogP contribution in [0.3, 0.4) is 0 Å². The van der Waals surface area contributed by atoms with Crippen LogP contribution in [0.25, 0.3) is 0 Å². The highest BCUT2D eigenvalue weighted by molar-refractivity contribution is 6.13. The minimum Gasteiger partial charge on any atom is -0.432 e. The summed E-state index contributed by atoms with van der Waals surface area (Å²) >= 11 is 0. The number of carbonyl (C=O) groups is 2. The van der Waals surface area contributed by atoms with E-state index in [1.165, 1.54) is 0 Å². The molecule has 0 N–H and O–H groups in total. The van der Waals surface area contributed by atoms with Crippen molar-refractivity contribution in [1.82, 2.24) is 0 Å². The van der Waals surface area contributed by atoms with Gasteiger partial charge in [-0.15, -0.1) is 0 Å². The zero-order valence-corrected chi connectivity index (χ0v) is 14.1. The monoisotopic (exact) mass is 316 g/mol. The first-order valence-corrected chi connectivity index (χ1v) is 7.84. The molecule has 0 heterocycles. The van der Waals surface area contributed by atoms with Crippen molar-refractivity contribution >= 4 is 11.9 Å². The molecule has 22 heavy (non-hydrogen) atoms. The van der Waals surface area contributed by atoms with Gasteiger partial charge in [-0.1, -0.05) is 33.3 Å². The molecule has 6 heteroatoms. The minimum atomic E-state index is -0.830. The molecule has 0 aromatic carbocycles. The van der Waals surface area contributed by atoms with Gasteiger partial charge in [0.15, 0.2) is 0 Å². The number of hydrogen-bond acceptors (Lipinski definition) is 6. The van der Waals surface area contributed by atoms with E-state index >= 15 is 0 Å². The van der Waals surface area contributed by atoms with Crippen LogP contribution in [0.2, 0.25) is 0 Å². The molecule has 0 bridgehead atoms. The van der Waals surface area contributed by atoms with Gasteiger partial charge in [0, 0.05) is 26.1 Å². The van der Waals surface area contributed by atoms with Crippen molar-refractivity contribution in [2.45, 2.75) is 66.0 Å². The zero-order valence-electron chi connectivity index (χ0n) is 14.1. The molecule has 0 aliphatic heterocycles. The molecular weight excluding hydrogens is 288 g/mol. The molecule has 0 aliphatic rings. The summed E-state index contributed by atoms with van der Waals surface area (Å²) in [5.41, 5.74) is -0.360. The van der Waals surface area contributed by atoms with Crippen molar-refractivity contribution < 1.29 is 28.5 Å². The van der Waals surface area contributed by atoms with Crippen molar-refractivity contribution in [2.24, 2.45) is 0 Å². The molecule has 2 unspecified atom stereocenters. The van der Waals surface area contributed by atoms with Gasteiger partial charge in [-0.3, -0.25) is 0 Å². The van der Waals surface area contributed by atoms with E-state index in [4.69, 9.17) is 18.9 Å². The van der Waals surface area contributed by atoms with E-state index < -0.39 is 24.5 Å². The molecule has 0 aromatic rings. The third kappa shape index (κ3) is 8.14. The van der Waals surface area contributed by atoms with Gasteiger partial charge in [-0.05, 0) is 13.8 Å². The van der Waals surface area contributed by atoms with Gasteiger partial charge in [0.1, 0.15) is 5.57 Å². The lowest BCUT2D eigenvalue weighted by molar-refractivity contribution is -0.182. The van der Waals surface area contributed by atoms with E-state index in [1.807, 2.05) is 13.8 Å². The summed E-state index contributed by atoms with van der Waals surface area (Å²) in [6, 6.07) is 0. The van der Waals surface area contributed by atoms with Crippen LogP contribution in [0, 0.1) is 0 Å². The highest BCUT2D eigenvalue weighted by Crippen LogP contribution is 2.11. The van der Waals surface area contributed by atoms with Crippen molar-refractivity contribution in [2.75, 3.05) is 13.2 Å². The number of rotatable bonds is 12. The average molecular weight is 316 g/mol. The summed E-state index contributed by atoms with van der Waals surface area (Å²) < 4.78 is 20.8. The SMILES string of the molecule is C=C(C(=O)OC(CCC)OCC)C(=O)OC(CCC)OCC. The standard InChI is InChI=1S/C16H28O6/c1-6-10-13(19-8-3)21-15(17)12(5)16(18)22-14(11-7-2)20-9-4/h13-14H,5-11H2,1-4H3. The van der Waals surface area contributed by atoms with Crippen molar-refractivity contribution in [3.8, 4) is 0 Å². The van der Waals surface area contributed by atoms with Crippen LogP contribution in [0.1, 0.15) is 53.4 Å². The Morgan fingerprint density at radius 1 is 0.818 bits per heavy atom. The maximum absolute atomic E-state index is 11.9. The van der Waals surface area contributed by atoms with Crippen LogP contribution in [0.4, 0.5) is 0 Å². The Kier molecular flexibility index (Phi) is 11.4. The maximum atomic E-state index is 11.9. The lowest BCUT2D eigenvalue weighted by Crippen LogP contribution is -2.28. The van der Waals surface area contributed by atoms with Gasteiger partial charge in [0.2, 0.25) is 12.6 Å². The van der Waals surface area contributed by atoms with Crippen LogP contribution in [0.5, 0.6) is 0 Å². The van der Waals surface area contributed by atoms with E-state index in [1.54, 1.807) is 13.8 Å². The molecule has 0 fully saturated rings. The molecule has 0 aliphatic carbocycles. The predicted molar refractivity (Wildman–Crippen MR) is 82.0 cm³/mol. The molecule has 0 rings (SSSR count). The van der Waals surface area contributed by atoms with Crippen molar-refractivity contribution in [1.29, 1.82) is 0 Å². The van der Waals surface area contributed by atoms with Crippen LogP contribution in [-0.2, 0) is 28.5 Å². The molecule has 128 valence electrons. The Morgan fingerprint density at radius 2 is 1.18 bits per heavy atom. The fraction of sp³-hybridized carbons (Fsp3) is 0.750. The molecule has 6 nitrogen and oxygen atoms in total. The first kappa shape index (κ1) is 20.6. The van der Waals surface area contributed by atoms with E-state index in [2.05, 4.69) is 6.58 Å². The van der Waals surface area contributed by atoms with Gasteiger partial charge in [-0.2, -0.15) is 0 Å². The number of esters is 2. The molecule has 0 amide bonds. The van der Waals surface area contributed by atoms with Crippen LogP contribution in [0.15, 0.2) is 12.2 Å². The number of carbonyl (C=O) groups excluding carboxylic acids is 2. The summed E-state index contributed by atoms with van der Waals surface area (Å²) in [7, 11) is 0. The Hall–Kier alpha value is -1.40. The van der Waals surface area contributed by atoms with Gasteiger partial charge in [-0.25, -0.2) is 9.59 Å². The molecule has 0 aromatic heterocycles. The molecule has 0 saturated carbocycles. The predicted octanol–water partition coefficient (Wildman–Crippen LogP) is 2.95. The summed E-state index contributed by atoms with van der Waals surface area (Å²) in [6.07, 6.45) is 1.34. The molecule has 2 atom stereocenters. The first-order chi connectivity index (χ1) is 10.5. The number of hydrogen-bond donors (Lipinski definition) is 0. The van der Waals surface area contributed by atoms with Crippen LogP contribution >= 0.6 is 0 Å². The molecule has 0 spiro atoms. The third-order valence-electron chi connectivity index (χ3n) is 2.72. The van der Waals surface area contributed by atoms with Crippen molar-refractivity contribution in [3.05, 3.63) is 12.2 Å². The topological polar surface area (TPSA) is 71.1 Å². The Morgan fingerprint density at radius 3 is 1.45 bits per heavy atom. The summed E-state index contributed by atoms with van der Waals surface area (Å²) in [5.74, 6) is -1.66. The molecule has 0 saturated heterocycles. The third-order valence-corrected chi connectivity index (χ3v) is 2.72. The zero-order chi connectivity index (χ0) is 17.0. The van der Waals surface area contributed by atoms with Crippen molar-refractivity contribution in [3.63, 3.8) is 0 Å². The van der Waals surface area contributed by atoms with Gasteiger partial charge >= 0.3 is 11.9 Å². The minimum absolute atomic E-state index is 0.360. The first-order valence-electron chi connectivity index (χ1n) is 7.84. The smallest absolute Gasteiger partial charge is 0.347 e. The fourth-order valence-electron chi connectivity index (χ4n) is 1.66.